The molecule has 0 aliphatic rings. The highest BCUT2D eigenvalue weighted by Crippen LogP contribution is 1.99. The van der Waals surface area contributed by atoms with Gasteiger partial charge in [-0.05, 0) is 14.1 Å². The lowest BCUT2D eigenvalue weighted by Gasteiger charge is -2.11. The van der Waals surface area contributed by atoms with Crippen LogP contribution in [0.15, 0.2) is 15.7 Å². The van der Waals surface area contributed by atoms with E-state index in [-0.39, 0.29) is 12.4 Å². The minimum atomic E-state index is -0.633. The lowest BCUT2D eigenvalue weighted by atomic mass is 10.5. The van der Waals surface area contributed by atoms with Crippen LogP contribution >= 0.6 is 0 Å². The lowest BCUT2D eigenvalue weighted by Crippen LogP contribution is -2.30. The summed E-state index contributed by atoms with van der Waals surface area (Å²) in [4.78, 5) is 26.2. The van der Waals surface area contributed by atoms with Crippen LogP contribution in [0.5, 0.6) is 5.88 Å². The van der Waals surface area contributed by atoms with Crippen LogP contribution in [-0.4, -0.2) is 53.4 Å². The van der Waals surface area contributed by atoms with E-state index in [9.17, 15) is 14.7 Å². The standard InChI is InChI=1S/C10H17N3O4/c1-12(2)3-5-17-6-4-13-9(15)7-8(14)11-10(13)16/h7,15H,3-6H2,1-2H3,(H,11,14,16). The van der Waals surface area contributed by atoms with Gasteiger partial charge in [-0.2, -0.15) is 0 Å². The summed E-state index contributed by atoms with van der Waals surface area (Å²) in [6, 6.07) is 0.960. The molecule has 0 saturated heterocycles. The maximum Gasteiger partial charge on any atom is 0.331 e. The highest BCUT2D eigenvalue weighted by molar-refractivity contribution is 5.05. The van der Waals surface area contributed by atoms with E-state index in [1.165, 1.54) is 0 Å². The van der Waals surface area contributed by atoms with Crippen LogP contribution in [0, 0.1) is 0 Å². The van der Waals surface area contributed by atoms with Crippen molar-refractivity contribution in [2.24, 2.45) is 0 Å². The Morgan fingerprint density at radius 3 is 2.71 bits per heavy atom. The molecule has 96 valence electrons. The molecular formula is C10H17N3O4. The summed E-state index contributed by atoms with van der Waals surface area (Å²) in [7, 11) is 3.86. The van der Waals surface area contributed by atoms with E-state index < -0.39 is 11.2 Å². The SMILES string of the molecule is CN(C)CCOCCn1c(O)cc(=O)[nH]c1=O. The number of hydrogen-bond acceptors (Lipinski definition) is 5. The Morgan fingerprint density at radius 2 is 2.12 bits per heavy atom. The molecule has 0 bridgehead atoms. The summed E-state index contributed by atoms with van der Waals surface area (Å²) in [5.74, 6) is -0.352. The number of likely N-dealkylation sites (N-methyl/N-ethyl adjacent to an activating group) is 1. The first-order valence-corrected chi connectivity index (χ1v) is 5.26. The van der Waals surface area contributed by atoms with Crippen LogP contribution in [0.3, 0.4) is 0 Å². The molecule has 0 amide bonds. The van der Waals surface area contributed by atoms with Gasteiger partial charge < -0.3 is 14.7 Å². The molecule has 7 nitrogen and oxygen atoms in total. The average Bonchev–Trinajstić information content (AvgIpc) is 2.20. The van der Waals surface area contributed by atoms with Gasteiger partial charge in [-0.15, -0.1) is 0 Å². The number of ether oxygens (including phenoxy) is 1. The second-order valence-corrected chi connectivity index (χ2v) is 3.86. The van der Waals surface area contributed by atoms with E-state index in [1.54, 1.807) is 0 Å². The molecule has 0 saturated carbocycles. The topological polar surface area (TPSA) is 87.6 Å². The molecule has 0 aliphatic heterocycles. The van der Waals surface area contributed by atoms with Crippen molar-refractivity contribution in [2.75, 3.05) is 33.9 Å². The lowest BCUT2D eigenvalue weighted by molar-refractivity contribution is 0.108. The van der Waals surface area contributed by atoms with Crippen molar-refractivity contribution in [2.45, 2.75) is 6.54 Å². The third-order valence-electron chi connectivity index (χ3n) is 2.15. The van der Waals surface area contributed by atoms with Crippen molar-refractivity contribution in [3.05, 3.63) is 26.9 Å². The van der Waals surface area contributed by atoms with Crippen LogP contribution in [0.2, 0.25) is 0 Å². The summed E-state index contributed by atoms with van der Waals surface area (Å²) < 4.78 is 6.34. The van der Waals surface area contributed by atoms with E-state index in [0.717, 1.165) is 17.2 Å². The Hall–Kier alpha value is -1.60. The van der Waals surface area contributed by atoms with Gasteiger partial charge in [-0.25, -0.2) is 4.79 Å². The van der Waals surface area contributed by atoms with Crippen molar-refractivity contribution in [1.82, 2.24) is 14.5 Å². The number of hydrogen-bond donors (Lipinski definition) is 2. The van der Waals surface area contributed by atoms with Crippen molar-refractivity contribution in [3.63, 3.8) is 0 Å². The van der Waals surface area contributed by atoms with E-state index in [1.807, 2.05) is 19.0 Å². The summed E-state index contributed by atoms with van der Waals surface area (Å²) in [5.41, 5.74) is -1.25. The molecule has 0 radical (unpaired) electrons. The van der Waals surface area contributed by atoms with E-state index in [2.05, 4.69) is 4.98 Å². The van der Waals surface area contributed by atoms with Crippen LogP contribution in [0.1, 0.15) is 0 Å². The molecule has 0 fully saturated rings. The van der Waals surface area contributed by atoms with Crippen molar-refractivity contribution in [1.29, 1.82) is 0 Å². The zero-order valence-electron chi connectivity index (χ0n) is 9.97. The molecule has 0 spiro atoms. The molecule has 1 aromatic heterocycles. The van der Waals surface area contributed by atoms with E-state index in [0.29, 0.717) is 13.2 Å². The Bertz CT molecular complexity index is 463. The Labute approximate surface area is 98.3 Å². The molecule has 1 rings (SSSR count). The number of aromatic hydroxyl groups is 1. The minimum absolute atomic E-state index is 0.203. The molecule has 0 aliphatic carbocycles. The van der Waals surface area contributed by atoms with Gasteiger partial charge in [0.2, 0.25) is 5.88 Å². The molecule has 7 heteroatoms. The van der Waals surface area contributed by atoms with Gasteiger partial charge >= 0.3 is 5.69 Å². The number of nitrogens with one attached hydrogen (secondary N) is 1. The van der Waals surface area contributed by atoms with Crippen molar-refractivity contribution in [3.8, 4) is 5.88 Å². The van der Waals surface area contributed by atoms with Crippen LogP contribution in [0.4, 0.5) is 0 Å². The fraction of sp³-hybridized carbons (Fsp3) is 0.600. The fourth-order valence-corrected chi connectivity index (χ4v) is 1.23. The summed E-state index contributed by atoms with van der Waals surface area (Å²) in [6.07, 6.45) is 0. The number of H-pyrrole nitrogens is 1. The van der Waals surface area contributed by atoms with Gasteiger partial charge in [-0.1, -0.05) is 0 Å². The third-order valence-corrected chi connectivity index (χ3v) is 2.15. The molecule has 0 aromatic carbocycles. The summed E-state index contributed by atoms with van der Waals surface area (Å²) >= 11 is 0. The molecule has 0 atom stereocenters. The first-order chi connectivity index (χ1) is 8.00. The number of aromatic amines is 1. The molecule has 1 aromatic rings. The van der Waals surface area contributed by atoms with Gasteiger partial charge in [0.25, 0.3) is 5.56 Å². The van der Waals surface area contributed by atoms with E-state index >= 15 is 0 Å². The number of rotatable bonds is 6. The van der Waals surface area contributed by atoms with Crippen LogP contribution < -0.4 is 11.2 Å². The Morgan fingerprint density at radius 1 is 1.41 bits per heavy atom. The maximum absolute atomic E-state index is 11.3. The molecule has 2 N–H and O–H groups in total. The van der Waals surface area contributed by atoms with Gasteiger partial charge in [0, 0.05) is 6.54 Å². The van der Waals surface area contributed by atoms with Gasteiger partial charge in [0.1, 0.15) is 0 Å². The summed E-state index contributed by atoms with van der Waals surface area (Å²) in [6.45, 7) is 1.83. The minimum Gasteiger partial charge on any atom is -0.494 e. The predicted molar refractivity (Wildman–Crippen MR) is 62.4 cm³/mol. The zero-order chi connectivity index (χ0) is 12.8. The Kier molecular flexibility index (Phi) is 4.92. The van der Waals surface area contributed by atoms with Gasteiger partial charge in [0.15, 0.2) is 0 Å². The molecule has 1 heterocycles. The molecule has 0 unspecified atom stereocenters. The van der Waals surface area contributed by atoms with Crippen molar-refractivity contribution < 1.29 is 9.84 Å². The highest BCUT2D eigenvalue weighted by atomic mass is 16.5. The van der Waals surface area contributed by atoms with Gasteiger partial charge in [0.05, 0.1) is 25.8 Å². The quantitative estimate of drug-likeness (QED) is 0.614. The van der Waals surface area contributed by atoms with Crippen LogP contribution in [0.25, 0.3) is 0 Å². The zero-order valence-corrected chi connectivity index (χ0v) is 9.97. The van der Waals surface area contributed by atoms with Crippen LogP contribution in [-0.2, 0) is 11.3 Å². The summed E-state index contributed by atoms with van der Waals surface area (Å²) in [5, 5.41) is 9.40. The second kappa shape index (κ2) is 6.21. The third kappa shape index (κ3) is 4.41. The first kappa shape index (κ1) is 13.5. The fourth-order valence-electron chi connectivity index (χ4n) is 1.23. The largest absolute Gasteiger partial charge is 0.494 e. The second-order valence-electron chi connectivity index (χ2n) is 3.86. The Balaban J connectivity index is 2.47. The first-order valence-electron chi connectivity index (χ1n) is 5.26. The van der Waals surface area contributed by atoms with E-state index in [4.69, 9.17) is 4.74 Å². The molecule has 17 heavy (non-hydrogen) atoms. The number of aromatic nitrogens is 2. The normalized spacial score (nSPS) is 11.0. The van der Waals surface area contributed by atoms with Gasteiger partial charge in [-0.3, -0.25) is 14.3 Å². The molecular weight excluding hydrogens is 226 g/mol. The maximum atomic E-state index is 11.3. The van der Waals surface area contributed by atoms with Crippen molar-refractivity contribution >= 4 is 0 Å². The average molecular weight is 243 g/mol. The smallest absolute Gasteiger partial charge is 0.331 e. The monoisotopic (exact) mass is 243 g/mol. The predicted octanol–water partition coefficient (Wildman–Crippen LogP) is -1.18. The highest BCUT2D eigenvalue weighted by Gasteiger charge is 2.03. The number of nitrogens with zero attached hydrogens (tertiary/aromatic N) is 2.